The fraction of sp³-hybridized carbons (Fsp3) is 0.568. The second-order valence-electron chi connectivity index (χ2n) is 17.9. The van der Waals surface area contributed by atoms with Crippen molar-refractivity contribution in [1.29, 1.82) is 0 Å². The van der Waals surface area contributed by atoms with E-state index in [4.69, 9.17) is 9.47 Å². The minimum atomic E-state index is -0.967. The zero-order valence-corrected chi connectivity index (χ0v) is 30.6. The Hall–Kier alpha value is -3.19. The first-order valence-corrected chi connectivity index (χ1v) is 19.2. The van der Waals surface area contributed by atoms with Gasteiger partial charge in [-0.1, -0.05) is 81.4 Å². The van der Waals surface area contributed by atoms with E-state index in [1.54, 1.807) is 0 Å². The van der Waals surface area contributed by atoms with Crippen LogP contribution in [0.4, 0.5) is 0 Å². The van der Waals surface area contributed by atoms with Crippen molar-refractivity contribution in [3.63, 3.8) is 0 Å². The Labute approximate surface area is 297 Å². The highest BCUT2D eigenvalue weighted by molar-refractivity contribution is 5.98. The zero-order valence-electron chi connectivity index (χ0n) is 30.6. The molecule has 0 aromatic heterocycles. The Balaban J connectivity index is 1.06. The highest BCUT2D eigenvalue weighted by Gasteiger charge is 2.82. The third-order valence-electron chi connectivity index (χ3n) is 14.9. The van der Waals surface area contributed by atoms with E-state index in [1.165, 1.54) is 47.2 Å². The van der Waals surface area contributed by atoms with Crippen LogP contribution in [0, 0.1) is 22.7 Å². The summed E-state index contributed by atoms with van der Waals surface area (Å²) in [6, 6.07) is 23.7. The number of rotatable bonds is 9. The Bertz CT molecular complexity index is 1810. The predicted molar refractivity (Wildman–Crippen MR) is 196 cm³/mol. The Morgan fingerprint density at radius 2 is 1.72 bits per heavy atom. The summed E-state index contributed by atoms with van der Waals surface area (Å²) in [6.45, 7) is 11.3. The highest BCUT2D eigenvalue weighted by atomic mass is 16.6. The van der Waals surface area contributed by atoms with Crippen LogP contribution in [0.25, 0.3) is 11.1 Å². The summed E-state index contributed by atoms with van der Waals surface area (Å²) in [7, 11) is 1.84. The topological polar surface area (TPSA) is 71.0 Å². The number of nitrogens with zero attached hydrogens (tertiary/aromatic N) is 1. The molecule has 5 fully saturated rings. The SMILES string of the molecule is CO[C@]12CC[C@@]3(C[C@@H]1[C@](C)(O)C(C)(C)C)[C@H]1Cc4ccc(C(=O)NCCc5ccc(-c6ccccc6)cc5)c5c4[C@@]3(CCN1CC1CC1)[C@H]2O5. The Kier molecular flexibility index (Phi) is 7.29. The van der Waals surface area contributed by atoms with Crippen LogP contribution in [0.1, 0.15) is 93.3 Å². The van der Waals surface area contributed by atoms with E-state index < -0.39 is 11.2 Å². The molecule has 50 heavy (non-hydrogen) atoms. The van der Waals surface area contributed by atoms with Crippen LogP contribution in [0.2, 0.25) is 0 Å². The average molecular weight is 675 g/mol. The van der Waals surface area contributed by atoms with Gasteiger partial charge in [-0.2, -0.15) is 0 Å². The average Bonchev–Trinajstić information content (AvgIpc) is 3.86. The number of benzene rings is 3. The van der Waals surface area contributed by atoms with Gasteiger partial charge in [-0.05, 0) is 104 Å². The molecule has 2 spiro atoms. The molecule has 10 rings (SSSR count). The number of carbonyl (C=O) groups excluding carboxylic acids is 1. The molecule has 5 aliphatic carbocycles. The summed E-state index contributed by atoms with van der Waals surface area (Å²) in [5.74, 6) is 1.45. The van der Waals surface area contributed by atoms with Crippen LogP contribution in [0.5, 0.6) is 5.75 Å². The number of fused-ring (bicyclic) bond motifs is 2. The predicted octanol–water partition coefficient (Wildman–Crippen LogP) is 7.35. The second-order valence-corrected chi connectivity index (χ2v) is 17.9. The van der Waals surface area contributed by atoms with E-state index in [-0.39, 0.29) is 34.2 Å². The van der Waals surface area contributed by atoms with Gasteiger partial charge >= 0.3 is 0 Å². The summed E-state index contributed by atoms with van der Waals surface area (Å²) >= 11 is 0. The maximum Gasteiger partial charge on any atom is 0.255 e. The number of nitrogens with one attached hydrogen (secondary N) is 1. The van der Waals surface area contributed by atoms with Gasteiger partial charge in [0.25, 0.3) is 5.91 Å². The lowest BCUT2D eigenvalue weighted by molar-refractivity contribution is -0.312. The van der Waals surface area contributed by atoms with Gasteiger partial charge in [-0.15, -0.1) is 0 Å². The van der Waals surface area contributed by atoms with E-state index >= 15 is 0 Å². The third kappa shape index (κ3) is 4.40. The van der Waals surface area contributed by atoms with Gasteiger partial charge in [0.15, 0.2) is 0 Å². The van der Waals surface area contributed by atoms with Gasteiger partial charge in [-0.3, -0.25) is 9.69 Å². The van der Waals surface area contributed by atoms with Crippen molar-refractivity contribution in [3.05, 3.63) is 89.0 Å². The lowest BCUT2D eigenvalue weighted by Gasteiger charge is -2.75. The molecule has 7 atom stereocenters. The summed E-state index contributed by atoms with van der Waals surface area (Å²) < 4.78 is 14.1. The molecule has 3 aromatic rings. The number of hydrogen-bond donors (Lipinski definition) is 2. The molecular weight excluding hydrogens is 620 g/mol. The Morgan fingerprint density at radius 1 is 0.980 bits per heavy atom. The first kappa shape index (κ1) is 32.7. The van der Waals surface area contributed by atoms with Crippen LogP contribution in [0.15, 0.2) is 66.7 Å². The van der Waals surface area contributed by atoms with Crippen molar-refractivity contribution < 1.29 is 19.4 Å². The van der Waals surface area contributed by atoms with Crippen LogP contribution in [0.3, 0.4) is 0 Å². The van der Waals surface area contributed by atoms with Crippen molar-refractivity contribution in [2.45, 2.75) is 108 Å². The number of likely N-dealkylation sites (tertiary alicyclic amines) is 1. The first-order chi connectivity index (χ1) is 23.9. The number of amides is 1. The van der Waals surface area contributed by atoms with Gasteiger partial charge in [0, 0.05) is 48.6 Å². The second kappa shape index (κ2) is 11.2. The van der Waals surface area contributed by atoms with E-state index in [2.05, 4.69) is 85.6 Å². The molecule has 4 saturated carbocycles. The molecule has 6 nitrogen and oxygen atoms in total. The molecule has 4 bridgehead atoms. The largest absolute Gasteiger partial charge is 0.485 e. The zero-order chi connectivity index (χ0) is 34.7. The smallest absolute Gasteiger partial charge is 0.255 e. The first-order valence-electron chi connectivity index (χ1n) is 19.2. The molecule has 7 aliphatic rings. The van der Waals surface area contributed by atoms with Gasteiger partial charge in [-0.25, -0.2) is 0 Å². The minimum Gasteiger partial charge on any atom is -0.485 e. The molecule has 1 amide bonds. The van der Waals surface area contributed by atoms with Crippen molar-refractivity contribution in [2.75, 3.05) is 26.7 Å². The maximum absolute atomic E-state index is 14.1. The van der Waals surface area contributed by atoms with Crippen LogP contribution in [-0.2, 0) is 23.0 Å². The number of methoxy groups -OCH3 is 1. The Morgan fingerprint density at radius 3 is 2.42 bits per heavy atom. The van der Waals surface area contributed by atoms with Crippen molar-refractivity contribution in [1.82, 2.24) is 10.2 Å². The molecule has 2 aliphatic heterocycles. The van der Waals surface area contributed by atoms with Gasteiger partial charge in [0.1, 0.15) is 17.5 Å². The molecule has 264 valence electrons. The van der Waals surface area contributed by atoms with Gasteiger partial charge in [0.05, 0.1) is 11.2 Å². The fourth-order valence-corrected chi connectivity index (χ4v) is 11.7. The molecule has 2 N–H and O–H groups in total. The van der Waals surface area contributed by atoms with E-state index in [1.807, 2.05) is 26.2 Å². The van der Waals surface area contributed by atoms with Gasteiger partial charge < -0.3 is 19.9 Å². The lowest BCUT2D eigenvalue weighted by atomic mass is 9.33. The van der Waals surface area contributed by atoms with E-state index in [0.717, 1.165) is 56.7 Å². The summed E-state index contributed by atoms with van der Waals surface area (Å²) in [5.41, 5.74) is 4.67. The van der Waals surface area contributed by atoms with Crippen LogP contribution in [-0.4, -0.2) is 66.0 Å². The maximum atomic E-state index is 14.1. The van der Waals surface area contributed by atoms with Crippen molar-refractivity contribution in [3.8, 4) is 16.9 Å². The molecular formula is C44H54N2O4. The standard InChI is InChI=1S/C44H54N2O4/c1-40(2,3)41(4,48)34-26-42-20-21-44(34,49-5)39-43(42)22-24-46(27-29-11-12-29)35(42)25-32-17-18-33(37(50-39)36(32)43)38(47)45-23-19-28-13-15-31(16-14-28)30-9-7-6-8-10-30/h6-10,13-18,29,34-35,39,48H,11-12,19-27H2,1-5H3,(H,45,47)/t34-,35-,39-,41+,42-,43+,44-/m1/s1. The molecule has 6 heteroatoms. The number of carbonyl (C=O) groups is 1. The highest BCUT2D eigenvalue weighted by Crippen LogP contribution is 2.77. The van der Waals surface area contributed by atoms with E-state index in [9.17, 15) is 9.90 Å². The number of piperidine rings is 1. The molecule has 0 radical (unpaired) electrons. The molecule has 2 heterocycles. The van der Waals surface area contributed by atoms with Crippen molar-refractivity contribution >= 4 is 5.91 Å². The van der Waals surface area contributed by atoms with Crippen LogP contribution < -0.4 is 10.1 Å². The van der Waals surface area contributed by atoms with E-state index in [0.29, 0.717) is 18.2 Å². The summed E-state index contributed by atoms with van der Waals surface area (Å²) in [4.78, 5) is 16.9. The van der Waals surface area contributed by atoms with Crippen LogP contribution >= 0.6 is 0 Å². The summed E-state index contributed by atoms with van der Waals surface area (Å²) in [5, 5.41) is 15.8. The van der Waals surface area contributed by atoms with Crippen molar-refractivity contribution in [2.24, 2.45) is 22.7 Å². The molecule has 0 unspecified atom stereocenters. The number of aliphatic hydroxyl groups is 1. The lowest BCUT2D eigenvalue weighted by Crippen LogP contribution is -2.83. The fourth-order valence-electron chi connectivity index (χ4n) is 11.7. The molecule has 3 aromatic carbocycles. The quantitative estimate of drug-likeness (QED) is 0.249. The normalized spacial score (nSPS) is 33.4. The minimum absolute atomic E-state index is 0.0374. The summed E-state index contributed by atoms with van der Waals surface area (Å²) in [6.07, 6.45) is 8.08. The number of ether oxygens (including phenoxy) is 2. The number of hydrogen-bond acceptors (Lipinski definition) is 5. The monoisotopic (exact) mass is 674 g/mol. The third-order valence-corrected chi connectivity index (χ3v) is 14.9. The van der Waals surface area contributed by atoms with Gasteiger partial charge in [0.2, 0.25) is 0 Å². The molecule has 1 saturated heterocycles.